The predicted octanol–water partition coefficient (Wildman–Crippen LogP) is 1.01. The number of methoxy groups -OCH3 is 1. The maximum absolute atomic E-state index is 12.6. The average Bonchev–Trinajstić information content (AvgIpc) is 2.39. The Kier molecular flexibility index (Phi) is 4.05. The van der Waals surface area contributed by atoms with Crippen LogP contribution in [-0.2, 0) is 9.53 Å². The van der Waals surface area contributed by atoms with E-state index in [9.17, 15) is 4.79 Å². The van der Waals surface area contributed by atoms with Gasteiger partial charge in [-0.1, -0.05) is 6.92 Å². The molecule has 2 aliphatic heterocycles. The zero-order valence-corrected chi connectivity index (χ0v) is 11.0. The van der Waals surface area contributed by atoms with Gasteiger partial charge in [0.05, 0.1) is 6.10 Å². The number of hydrogen-bond acceptors (Lipinski definition) is 3. The number of carbonyl (C=O) groups excluding carboxylic acids is 1. The molecule has 2 rings (SSSR count). The number of carbonyl (C=O) groups is 1. The summed E-state index contributed by atoms with van der Waals surface area (Å²) >= 11 is 0. The van der Waals surface area contributed by atoms with E-state index in [0.29, 0.717) is 5.91 Å². The summed E-state index contributed by atoms with van der Waals surface area (Å²) in [5, 5.41) is 3.32. The maximum atomic E-state index is 12.6. The minimum absolute atomic E-state index is 0.152. The van der Waals surface area contributed by atoms with Crippen LogP contribution in [-0.4, -0.2) is 50.2 Å². The van der Waals surface area contributed by atoms with Gasteiger partial charge in [0, 0.05) is 25.6 Å². The molecule has 0 aromatic carbocycles. The first-order chi connectivity index (χ1) is 8.15. The molecule has 0 spiro atoms. The molecule has 0 aromatic heterocycles. The van der Waals surface area contributed by atoms with E-state index in [1.807, 2.05) is 4.90 Å². The van der Waals surface area contributed by atoms with E-state index in [1.165, 1.54) is 0 Å². The molecular formula is C13H24N2O2. The van der Waals surface area contributed by atoms with Crippen molar-refractivity contribution in [1.29, 1.82) is 0 Å². The van der Waals surface area contributed by atoms with Crippen LogP contribution in [0.25, 0.3) is 0 Å². The fourth-order valence-electron chi connectivity index (χ4n) is 2.89. The van der Waals surface area contributed by atoms with Crippen molar-refractivity contribution in [3.63, 3.8) is 0 Å². The molecule has 0 bridgehead atoms. The Balaban J connectivity index is 1.98. The summed E-state index contributed by atoms with van der Waals surface area (Å²) in [6.07, 6.45) is 4.30. The first kappa shape index (κ1) is 12.8. The standard InChI is InChI=1S/C13H24N2O2/c1-13(5-7-14-8-6-13)12(16)15-9-3-4-11(10-15)17-2/h11,14H,3-10H2,1-2H3. The van der Waals surface area contributed by atoms with Gasteiger partial charge in [-0.2, -0.15) is 0 Å². The van der Waals surface area contributed by atoms with Gasteiger partial charge in [-0.3, -0.25) is 4.79 Å². The van der Waals surface area contributed by atoms with Crippen molar-refractivity contribution in [2.24, 2.45) is 5.41 Å². The molecule has 0 saturated carbocycles. The fourth-order valence-corrected chi connectivity index (χ4v) is 2.89. The fraction of sp³-hybridized carbons (Fsp3) is 0.923. The Bertz CT molecular complexity index is 275. The van der Waals surface area contributed by atoms with Crippen LogP contribution in [0.5, 0.6) is 0 Å². The molecule has 0 aliphatic carbocycles. The van der Waals surface area contributed by atoms with Gasteiger partial charge in [0.2, 0.25) is 5.91 Å². The lowest BCUT2D eigenvalue weighted by atomic mass is 9.79. The molecule has 2 heterocycles. The molecule has 1 N–H and O–H groups in total. The highest BCUT2D eigenvalue weighted by molar-refractivity contribution is 5.82. The Morgan fingerprint density at radius 1 is 1.41 bits per heavy atom. The third kappa shape index (κ3) is 2.80. The van der Waals surface area contributed by atoms with Gasteiger partial charge in [0.25, 0.3) is 0 Å². The molecule has 98 valence electrons. The summed E-state index contributed by atoms with van der Waals surface area (Å²) in [7, 11) is 1.74. The second-order valence-electron chi connectivity index (χ2n) is 5.56. The Morgan fingerprint density at radius 3 is 2.76 bits per heavy atom. The molecule has 4 heteroatoms. The van der Waals surface area contributed by atoms with Crippen LogP contribution in [0.4, 0.5) is 0 Å². The molecule has 0 radical (unpaired) electrons. The van der Waals surface area contributed by atoms with Crippen molar-refractivity contribution in [3.8, 4) is 0 Å². The molecule has 2 fully saturated rings. The summed E-state index contributed by atoms with van der Waals surface area (Å²) in [5.41, 5.74) is -0.152. The molecular weight excluding hydrogens is 216 g/mol. The van der Waals surface area contributed by atoms with Gasteiger partial charge in [-0.05, 0) is 38.8 Å². The van der Waals surface area contributed by atoms with E-state index in [-0.39, 0.29) is 11.5 Å². The lowest BCUT2D eigenvalue weighted by Crippen LogP contribution is -2.51. The van der Waals surface area contributed by atoms with Gasteiger partial charge >= 0.3 is 0 Å². The largest absolute Gasteiger partial charge is 0.380 e. The Morgan fingerprint density at radius 2 is 2.12 bits per heavy atom. The SMILES string of the molecule is COC1CCCN(C(=O)C2(C)CCNCC2)C1. The smallest absolute Gasteiger partial charge is 0.228 e. The number of piperidine rings is 2. The van der Waals surface area contributed by atoms with Gasteiger partial charge in [0.15, 0.2) is 0 Å². The number of amides is 1. The van der Waals surface area contributed by atoms with Crippen LogP contribution in [0.3, 0.4) is 0 Å². The molecule has 1 amide bonds. The van der Waals surface area contributed by atoms with Crippen molar-refractivity contribution in [1.82, 2.24) is 10.2 Å². The second-order valence-corrected chi connectivity index (χ2v) is 5.56. The van der Waals surface area contributed by atoms with E-state index in [4.69, 9.17) is 4.74 Å². The third-order valence-electron chi connectivity index (χ3n) is 4.22. The molecule has 2 aliphatic rings. The number of nitrogens with one attached hydrogen (secondary N) is 1. The normalized spacial score (nSPS) is 29.1. The number of ether oxygens (including phenoxy) is 1. The van der Waals surface area contributed by atoms with Crippen molar-refractivity contribution >= 4 is 5.91 Å². The second kappa shape index (κ2) is 5.36. The predicted molar refractivity (Wildman–Crippen MR) is 66.8 cm³/mol. The van der Waals surface area contributed by atoms with Gasteiger partial charge in [-0.25, -0.2) is 0 Å². The van der Waals surface area contributed by atoms with E-state index < -0.39 is 0 Å². The summed E-state index contributed by atoms with van der Waals surface area (Å²) in [6.45, 7) is 5.72. The Labute approximate surface area is 104 Å². The van der Waals surface area contributed by atoms with Crippen LogP contribution in [0.2, 0.25) is 0 Å². The topological polar surface area (TPSA) is 41.6 Å². The Hall–Kier alpha value is -0.610. The van der Waals surface area contributed by atoms with Crippen LogP contribution in [0.15, 0.2) is 0 Å². The monoisotopic (exact) mass is 240 g/mol. The van der Waals surface area contributed by atoms with Gasteiger partial charge in [-0.15, -0.1) is 0 Å². The van der Waals surface area contributed by atoms with Gasteiger partial charge < -0.3 is 15.0 Å². The van der Waals surface area contributed by atoms with E-state index in [2.05, 4.69) is 12.2 Å². The summed E-state index contributed by atoms with van der Waals surface area (Å²) in [5.74, 6) is 0.334. The zero-order chi connectivity index (χ0) is 12.3. The minimum atomic E-state index is -0.152. The van der Waals surface area contributed by atoms with Gasteiger partial charge in [0.1, 0.15) is 0 Å². The molecule has 4 nitrogen and oxygen atoms in total. The van der Waals surface area contributed by atoms with E-state index >= 15 is 0 Å². The number of hydrogen-bond donors (Lipinski definition) is 1. The van der Waals surface area contributed by atoms with Crippen molar-refractivity contribution in [2.45, 2.75) is 38.7 Å². The van der Waals surface area contributed by atoms with Crippen molar-refractivity contribution in [3.05, 3.63) is 0 Å². The quantitative estimate of drug-likeness (QED) is 0.783. The average molecular weight is 240 g/mol. The zero-order valence-electron chi connectivity index (χ0n) is 11.0. The summed E-state index contributed by atoms with van der Waals surface area (Å²) in [4.78, 5) is 14.6. The van der Waals surface area contributed by atoms with Crippen LogP contribution < -0.4 is 5.32 Å². The lowest BCUT2D eigenvalue weighted by molar-refractivity contribution is -0.146. The molecule has 17 heavy (non-hydrogen) atoms. The first-order valence-corrected chi connectivity index (χ1v) is 6.68. The number of nitrogens with zero attached hydrogens (tertiary/aromatic N) is 1. The molecule has 2 saturated heterocycles. The highest BCUT2D eigenvalue weighted by Crippen LogP contribution is 2.31. The van der Waals surface area contributed by atoms with Crippen LogP contribution >= 0.6 is 0 Å². The molecule has 1 unspecified atom stereocenters. The molecule has 0 aromatic rings. The molecule has 1 atom stereocenters. The first-order valence-electron chi connectivity index (χ1n) is 6.68. The minimum Gasteiger partial charge on any atom is -0.380 e. The van der Waals surface area contributed by atoms with Crippen molar-refractivity contribution in [2.75, 3.05) is 33.3 Å². The van der Waals surface area contributed by atoms with E-state index in [0.717, 1.165) is 51.9 Å². The highest BCUT2D eigenvalue weighted by Gasteiger charge is 2.38. The van der Waals surface area contributed by atoms with Crippen LogP contribution in [0.1, 0.15) is 32.6 Å². The number of rotatable bonds is 2. The van der Waals surface area contributed by atoms with E-state index in [1.54, 1.807) is 7.11 Å². The van der Waals surface area contributed by atoms with Crippen molar-refractivity contribution < 1.29 is 9.53 Å². The summed E-state index contributed by atoms with van der Waals surface area (Å²) < 4.78 is 5.39. The third-order valence-corrected chi connectivity index (χ3v) is 4.22. The lowest BCUT2D eigenvalue weighted by Gasteiger charge is -2.40. The maximum Gasteiger partial charge on any atom is 0.228 e. The summed E-state index contributed by atoms with van der Waals surface area (Å²) in [6, 6.07) is 0. The van der Waals surface area contributed by atoms with Crippen LogP contribution in [0, 0.1) is 5.41 Å². The highest BCUT2D eigenvalue weighted by atomic mass is 16.5. The number of likely N-dealkylation sites (tertiary alicyclic amines) is 1.